The highest BCUT2D eigenvalue weighted by Gasteiger charge is 2.28. The molecule has 0 radical (unpaired) electrons. The van der Waals surface area contributed by atoms with Crippen molar-refractivity contribution in [1.82, 2.24) is 4.31 Å². The summed E-state index contributed by atoms with van der Waals surface area (Å²) >= 11 is 0. The number of carbonyl (C=O) groups excluding carboxylic acids is 1. The highest BCUT2D eigenvalue weighted by Crippen LogP contribution is 2.27. The third-order valence-electron chi connectivity index (χ3n) is 4.22. The SMILES string of the molecule is COc1ccc(S(=O)(=O)N2CCCC2)cc1C(=O)Nc1ccc(F)cc1. The molecular formula is C18H19FN2O4S. The summed E-state index contributed by atoms with van der Waals surface area (Å²) in [6.07, 6.45) is 1.65. The number of halogens is 1. The molecule has 1 heterocycles. The summed E-state index contributed by atoms with van der Waals surface area (Å²) in [7, 11) is -2.25. The largest absolute Gasteiger partial charge is 0.496 e. The Balaban J connectivity index is 1.92. The summed E-state index contributed by atoms with van der Waals surface area (Å²) in [5.41, 5.74) is 0.489. The van der Waals surface area contributed by atoms with Crippen LogP contribution in [0.5, 0.6) is 5.75 Å². The smallest absolute Gasteiger partial charge is 0.259 e. The molecule has 1 amide bonds. The van der Waals surface area contributed by atoms with Crippen LogP contribution in [-0.2, 0) is 10.0 Å². The van der Waals surface area contributed by atoms with E-state index in [9.17, 15) is 17.6 Å². The van der Waals surface area contributed by atoms with Gasteiger partial charge in [0.25, 0.3) is 5.91 Å². The van der Waals surface area contributed by atoms with Gasteiger partial charge in [-0.1, -0.05) is 0 Å². The van der Waals surface area contributed by atoms with Crippen molar-refractivity contribution in [2.45, 2.75) is 17.7 Å². The molecule has 138 valence electrons. The number of hydrogen-bond donors (Lipinski definition) is 1. The number of sulfonamides is 1. The number of nitrogens with zero attached hydrogens (tertiary/aromatic N) is 1. The molecule has 1 saturated heterocycles. The van der Waals surface area contributed by atoms with Gasteiger partial charge in [0.15, 0.2) is 0 Å². The maximum absolute atomic E-state index is 13.0. The van der Waals surface area contributed by atoms with E-state index in [1.54, 1.807) is 0 Å². The fourth-order valence-electron chi connectivity index (χ4n) is 2.83. The second-order valence-electron chi connectivity index (χ2n) is 5.93. The second-order valence-corrected chi connectivity index (χ2v) is 7.87. The van der Waals surface area contributed by atoms with Gasteiger partial charge < -0.3 is 10.1 Å². The van der Waals surface area contributed by atoms with E-state index in [2.05, 4.69) is 5.32 Å². The zero-order valence-electron chi connectivity index (χ0n) is 14.2. The van der Waals surface area contributed by atoms with Crippen LogP contribution in [0, 0.1) is 5.82 Å². The van der Waals surface area contributed by atoms with E-state index < -0.39 is 21.7 Å². The predicted molar refractivity (Wildman–Crippen MR) is 95.3 cm³/mol. The Bertz CT molecular complexity index is 907. The summed E-state index contributed by atoms with van der Waals surface area (Å²) in [6, 6.07) is 9.49. The number of ether oxygens (including phenoxy) is 1. The minimum Gasteiger partial charge on any atom is -0.496 e. The number of carbonyl (C=O) groups is 1. The molecule has 0 aliphatic carbocycles. The van der Waals surface area contributed by atoms with Crippen LogP contribution in [0.4, 0.5) is 10.1 Å². The zero-order valence-corrected chi connectivity index (χ0v) is 15.1. The van der Waals surface area contributed by atoms with Gasteiger partial charge in [-0.15, -0.1) is 0 Å². The number of nitrogens with one attached hydrogen (secondary N) is 1. The van der Waals surface area contributed by atoms with Crippen molar-refractivity contribution in [3.63, 3.8) is 0 Å². The summed E-state index contributed by atoms with van der Waals surface area (Å²) < 4.78 is 45.0. The van der Waals surface area contributed by atoms with Crippen molar-refractivity contribution in [1.29, 1.82) is 0 Å². The molecule has 8 heteroatoms. The van der Waals surface area contributed by atoms with E-state index in [4.69, 9.17) is 4.74 Å². The lowest BCUT2D eigenvalue weighted by molar-refractivity contribution is 0.102. The first-order valence-corrected chi connectivity index (χ1v) is 9.61. The van der Waals surface area contributed by atoms with Crippen LogP contribution in [0.25, 0.3) is 0 Å². The maximum atomic E-state index is 13.0. The van der Waals surface area contributed by atoms with Crippen LogP contribution in [0.15, 0.2) is 47.4 Å². The fraction of sp³-hybridized carbons (Fsp3) is 0.278. The standard InChI is InChI=1S/C18H19FN2O4S/c1-25-17-9-8-15(26(23,24)21-10-2-3-11-21)12-16(17)18(22)20-14-6-4-13(19)5-7-14/h4-9,12H,2-3,10-11H2,1H3,(H,20,22). The molecule has 3 rings (SSSR count). The van der Waals surface area contributed by atoms with Crippen LogP contribution in [-0.4, -0.2) is 38.8 Å². The number of anilines is 1. The molecule has 2 aromatic rings. The van der Waals surface area contributed by atoms with Gasteiger partial charge in [-0.3, -0.25) is 4.79 Å². The summed E-state index contributed by atoms with van der Waals surface area (Å²) in [4.78, 5) is 12.6. The number of rotatable bonds is 5. The summed E-state index contributed by atoms with van der Waals surface area (Å²) in [5, 5.41) is 2.61. The van der Waals surface area contributed by atoms with Gasteiger partial charge in [-0.05, 0) is 55.3 Å². The lowest BCUT2D eigenvalue weighted by atomic mass is 10.2. The van der Waals surface area contributed by atoms with Crippen molar-refractivity contribution in [3.05, 3.63) is 53.8 Å². The summed E-state index contributed by atoms with van der Waals surface area (Å²) in [6.45, 7) is 0.955. The maximum Gasteiger partial charge on any atom is 0.259 e. The van der Waals surface area contributed by atoms with Crippen LogP contribution in [0.1, 0.15) is 23.2 Å². The minimum absolute atomic E-state index is 0.0458. The Morgan fingerprint density at radius 1 is 1.12 bits per heavy atom. The minimum atomic E-state index is -3.65. The monoisotopic (exact) mass is 378 g/mol. The topological polar surface area (TPSA) is 75.7 Å². The van der Waals surface area contributed by atoms with Gasteiger partial charge >= 0.3 is 0 Å². The predicted octanol–water partition coefficient (Wildman–Crippen LogP) is 2.87. The van der Waals surface area contributed by atoms with Crippen LogP contribution in [0.3, 0.4) is 0 Å². The first-order valence-electron chi connectivity index (χ1n) is 8.17. The van der Waals surface area contributed by atoms with Gasteiger partial charge in [0.2, 0.25) is 10.0 Å². The van der Waals surface area contributed by atoms with E-state index >= 15 is 0 Å². The molecule has 0 atom stereocenters. The lowest BCUT2D eigenvalue weighted by Gasteiger charge is -2.17. The van der Waals surface area contributed by atoms with Crippen LogP contribution in [0.2, 0.25) is 0 Å². The lowest BCUT2D eigenvalue weighted by Crippen LogP contribution is -2.28. The summed E-state index contributed by atoms with van der Waals surface area (Å²) in [5.74, 6) is -0.698. The third-order valence-corrected chi connectivity index (χ3v) is 6.12. The molecule has 0 saturated carbocycles. The molecule has 1 fully saturated rings. The van der Waals surface area contributed by atoms with E-state index in [1.807, 2.05) is 0 Å². The third kappa shape index (κ3) is 3.71. The first kappa shape index (κ1) is 18.3. The molecule has 1 aliphatic heterocycles. The molecular weight excluding hydrogens is 359 g/mol. The Morgan fingerprint density at radius 2 is 1.77 bits per heavy atom. The molecule has 1 aliphatic rings. The molecule has 2 aromatic carbocycles. The molecule has 6 nitrogen and oxygen atoms in total. The van der Waals surface area contributed by atoms with E-state index in [0.29, 0.717) is 18.8 Å². The number of amides is 1. The average molecular weight is 378 g/mol. The van der Waals surface area contributed by atoms with E-state index in [1.165, 1.54) is 53.9 Å². The van der Waals surface area contributed by atoms with Crippen LogP contribution >= 0.6 is 0 Å². The Morgan fingerprint density at radius 3 is 2.38 bits per heavy atom. The Labute approximate surface area is 151 Å². The second kappa shape index (κ2) is 7.43. The zero-order chi connectivity index (χ0) is 18.7. The van der Waals surface area contributed by atoms with Gasteiger partial charge in [-0.2, -0.15) is 4.31 Å². The van der Waals surface area contributed by atoms with E-state index in [0.717, 1.165) is 12.8 Å². The molecule has 0 bridgehead atoms. The quantitative estimate of drug-likeness (QED) is 0.868. The van der Waals surface area contributed by atoms with Crippen molar-refractivity contribution in [2.75, 3.05) is 25.5 Å². The Kier molecular flexibility index (Phi) is 5.24. The van der Waals surface area contributed by atoms with E-state index in [-0.39, 0.29) is 16.2 Å². The van der Waals surface area contributed by atoms with Crippen molar-refractivity contribution in [2.24, 2.45) is 0 Å². The highest BCUT2D eigenvalue weighted by atomic mass is 32.2. The van der Waals surface area contributed by atoms with Crippen LogP contribution < -0.4 is 10.1 Å². The molecule has 1 N–H and O–H groups in total. The van der Waals surface area contributed by atoms with Gasteiger partial charge in [0.05, 0.1) is 17.6 Å². The molecule has 0 aromatic heterocycles. The number of methoxy groups -OCH3 is 1. The van der Waals surface area contributed by atoms with Crippen molar-refractivity contribution in [3.8, 4) is 5.75 Å². The highest BCUT2D eigenvalue weighted by molar-refractivity contribution is 7.89. The van der Waals surface area contributed by atoms with Gasteiger partial charge in [-0.25, -0.2) is 12.8 Å². The molecule has 0 spiro atoms. The van der Waals surface area contributed by atoms with Gasteiger partial charge in [0.1, 0.15) is 11.6 Å². The fourth-order valence-corrected chi connectivity index (χ4v) is 4.38. The first-order chi connectivity index (χ1) is 12.4. The average Bonchev–Trinajstić information content (AvgIpc) is 3.18. The van der Waals surface area contributed by atoms with Crippen molar-refractivity contribution < 1.29 is 22.3 Å². The van der Waals surface area contributed by atoms with Crippen molar-refractivity contribution >= 4 is 21.6 Å². The van der Waals surface area contributed by atoms with Gasteiger partial charge in [0, 0.05) is 18.8 Å². The molecule has 26 heavy (non-hydrogen) atoms. The number of benzene rings is 2. The Hall–Kier alpha value is -2.45. The number of hydrogen-bond acceptors (Lipinski definition) is 4. The normalized spacial score (nSPS) is 15.0. The molecule has 0 unspecified atom stereocenters.